The van der Waals surface area contributed by atoms with Gasteiger partial charge in [-0.15, -0.1) is 0 Å². The summed E-state index contributed by atoms with van der Waals surface area (Å²) in [4.78, 5) is 39.5. The lowest BCUT2D eigenvalue weighted by Crippen LogP contribution is -2.68. The molecule has 0 radical (unpaired) electrons. The lowest BCUT2D eigenvalue weighted by Gasteiger charge is -2.62. The van der Waals surface area contributed by atoms with Crippen LogP contribution in [0, 0.1) is 34.5 Å². The van der Waals surface area contributed by atoms with Gasteiger partial charge in [0.1, 0.15) is 12.8 Å². The minimum Gasteiger partial charge on any atom is -0.458 e. The number of ether oxygens (including phenoxy) is 1. The third kappa shape index (κ3) is 9.83. The summed E-state index contributed by atoms with van der Waals surface area (Å²) < 4.78 is 87.3. The van der Waals surface area contributed by atoms with E-state index in [9.17, 15) is 36.3 Å². The predicted octanol–water partition coefficient (Wildman–Crippen LogP) is 7.63. The molecule has 330 valence electrons. The van der Waals surface area contributed by atoms with E-state index in [4.69, 9.17) is 4.74 Å². The highest BCUT2D eigenvalue weighted by molar-refractivity contribution is 8.72. The number of Topliss-reactive ketones (excluding diaryl/α,β-unsaturated/α-hetero) is 1. The van der Waals surface area contributed by atoms with Gasteiger partial charge in [-0.1, -0.05) is 69.7 Å². The molecule has 0 unspecified atom stereocenters. The number of unbranched alkanes of at least 4 members (excludes halogenated alkanes) is 1. The molecule has 0 saturated heterocycles. The first-order valence-corrected chi connectivity index (χ1v) is 26.3. The van der Waals surface area contributed by atoms with Crippen LogP contribution in [0.1, 0.15) is 66.2 Å². The van der Waals surface area contributed by atoms with Crippen LogP contribution >= 0.6 is 21.6 Å². The number of carbonyl (C=O) groups excluding carboxylic acids is 3. The normalized spacial score (nSPS) is 31.1. The molecule has 0 spiro atoms. The maximum absolute atomic E-state index is 17.1. The van der Waals surface area contributed by atoms with Gasteiger partial charge in [-0.3, -0.25) is 14.4 Å². The van der Waals surface area contributed by atoms with Crippen molar-refractivity contribution in [2.45, 2.75) is 100.0 Å². The van der Waals surface area contributed by atoms with Crippen molar-refractivity contribution in [2.24, 2.45) is 34.5 Å². The molecule has 4 aliphatic rings. The molecule has 0 bridgehead atoms. The number of benzene rings is 2. The lowest BCUT2D eigenvalue weighted by molar-refractivity contribution is -0.202. The largest absolute Gasteiger partial charge is 0.458 e. The molecule has 60 heavy (non-hydrogen) atoms. The average Bonchev–Trinajstić information content (AvgIpc) is 3.47. The molecule has 10 nitrogen and oxygen atoms in total. The quantitative estimate of drug-likeness (QED) is 0.138. The van der Waals surface area contributed by atoms with E-state index in [2.05, 4.69) is 0 Å². The van der Waals surface area contributed by atoms with E-state index in [-0.39, 0.29) is 82.2 Å². The molecular formula is C44H57F2NO9S4. The second-order valence-corrected chi connectivity index (χ2v) is 25.0. The van der Waals surface area contributed by atoms with E-state index in [1.54, 1.807) is 67.6 Å². The topological polar surface area (TPSA) is 152 Å². The molecule has 16 heteroatoms. The molecule has 0 amide bonds. The number of allylic oxidation sites excluding steroid dienone is 4. The van der Waals surface area contributed by atoms with Crippen LogP contribution in [0.5, 0.6) is 0 Å². The van der Waals surface area contributed by atoms with Gasteiger partial charge in [-0.05, 0) is 128 Å². The fourth-order valence-electron chi connectivity index (χ4n) is 9.88. The highest BCUT2D eigenvalue weighted by Crippen LogP contribution is 2.70. The first kappa shape index (κ1) is 48.1. The molecular weight excluding hydrogens is 853 g/mol. The Hall–Kier alpha value is -2.89. The first-order chi connectivity index (χ1) is 28.1. The lowest BCUT2D eigenvalue weighted by atomic mass is 9.45. The standard InChI is InChI=1S/C27H36F2O5.C17H21NO4S4/c1-5-6-7-23(33)34-14-21(31)24-15(2)10-17-18-12-20(28)19-11-16(30)8-9-26(19,4)27(18,29)22(32)13-25(17,24)3;1-18(2)15(13-23-25(19,20)16-9-5-3-6-10-16)14-24-26(21,22)17-11-7-4-8-12-17/h8-9,11,15,17-18,20,22,24,32H,5-7,10,12-14H2,1-4H3;3-12,15H,13-14H2,1-2H3/t15-,17+,18+,20+,22+,24-,25+,26+,27+;/m1./s1. The summed E-state index contributed by atoms with van der Waals surface area (Å²) in [6.45, 7) is 7.03. The number of halogens is 2. The minimum atomic E-state index is -3.46. The number of rotatable bonds is 15. The monoisotopic (exact) mass is 909 g/mol. The average molecular weight is 910 g/mol. The van der Waals surface area contributed by atoms with Crippen LogP contribution in [0.15, 0.2) is 94.3 Å². The molecule has 2 aromatic rings. The van der Waals surface area contributed by atoms with Gasteiger partial charge in [0.05, 0.1) is 15.9 Å². The van der Waals surface area contributed by atoms with Crippen LogP contribution in [0.3, 0.4) is 0 Å². The summed E-state index contributed by atoms with van der Waals surface area (Å²) in [7, 11) is -1.62. The van der Waals surface area contributed by atoms with Crippen molar-refractivity contribution >= 4 is 56.9 Å². The third-order valence-corrected chi connectivity index (χ3v) is 20.2. The molecule has 2 aromatic carbocycles. The second-order valence-electron chi connectivity index (χ2n) is 17.1. The number of nitrogens with zero attached hydrogens (tertiary/aromatic N) is 1. The molecule has 6 rings (SSSR count). The van der Waals surface area contributed by atoms with Gasteiger partial charge >= 0.3 is 5.97 Å². The molecule has 9 atom stereocenters. The molecule has 3 fully saturated rings. The molecule has 0 aliphatic heterocycles. The van der Waals surface area contributed by atoms with Gasteiger partial charge in [0, 0.05) is 41.2 Å². The van der Waals surface area contributed by atoms with Crippen molar-refractivity contribution in [2.75, 3.05) is 32.2 Å². The van der Waals surface area contributed by atoms with E-state index in [1.165, 1.54) is 18.2 Å². The molecule has 1 N–H and O–H groups in total. The Kier molecular flexibility index (Phi) is 15.4. The fourth-order valence-corrected chi connectivity index (χ4v) is 16.3. The minimum absolute atomic E-state index is 0.0524. The first-order valence-electron chi connectivity index (χ1n) is 20.3. The summed E-state index contributed by atoms with van der Waals surface area (Å²) in [5.74, 6) is -2.19. The van der Waals surface area contributed by atoms with Crippen molar-refractivity contribution in [3.05, 3.63) is 84.5 Å². The Labute approximate surface area is 361 Å². The fraction of sp³-hybridized carbons (Fsp3) is 0.568. The van der Waals surface area contributed by atoms with E-state index in [0.29, 0.717) is 12.8 Å². The van der Waals surface area contributed by atoms with Crippen LogP contribution in [-0.4, -0.2) is 101 Å². The maximum Gasteiger partial charge on any atom is 0.306 e. The van der Waals surface area contributed by atoms with Crippen molar-refractivity contribution < 1.29 is 49.8 Å². The second kappa shape index (κ2) is 19.2. The van der Waals surface area contributed by atoms with Gasteiger partial charge in [0.2, 0.25) is 17.7 Å². The number of ketones is 2. The van der Waals surface area contributed by atoms with Crippen LogP contribution in [0.4, 0.5) is 8.78 Å². The number of esters is 1. The van der Waals surface area contributed by atoms with E-state index < -0.39 is 64.3 Å². The van der Waals surface area contributed by atoms with Gasteiger partial charge in [-0.2, -0.15) is 0 Å². The van der Waals surface area contributed by atoms with E-state index in [1.807, 2.05) is 39.8 Å². The van der Waals surface area contributed by atoms with Gasteiger partial charge in [0.25, 0.3) is 0 Å². The summed E-state index contributed by atoms with van der Waals surface area (Å²) in [5.41, 5.74) is -4.21. The van der Waals surface area contributed by atoms with Gasteiger partial charge in [0.15, 0.2) is 17.2 Å². The summed E-state index contributed by atoms with van der Waals surface area (Å²) in [6, 6.07) is 16.3. The van der Waals surface area contributed by atoms with E-state index >= 15 is 8.78 Å². The Balaban J connectivity index is 0.000000237. The zero-order valence-electron chi connectivity index (χ0n) is 35.0. The number of hydrogen-bond donors (Lipinski definition) is 1. The highest BCUT2D eigenvalue weighted by Gasteiger charge is 2.73. The number of carbonyl (C=O) groups is 3. The maximum atomic E-state index is 17.1. The summed E-state index contributed by atoms with van der Waals surface area (Å²) in [5, 5.41) is 11.3. The molecule has 0 aromatic heterocycles. The van der Waals surface area contributed by atoms with Gasteiger partial charge in [-0.25, -0.2) is 25.6 Å². The van der Waals surface area contributed by atoms with E-state index in [0.717, 1.165) is 28.0 Å². The third-order valence-electron chi connectivity index (χ3n) is 13.1. The van der Waals surface area contributed by atoms with Crippen molar-refractivity contribution in [1.82, 2.24) is 4.90 Å². The molecule has 0 heterocycles. The Morgan fingerprint density at radius 1 is 0.933 bits per heavy atom. The summed E-state index contributed by atoms with van der Waals surface area (Å²) in [6.07, 6.45) is 3.20. The zero-order valence-corrected chi connectivity index (χ0v) is 38.2. The van der Waals surface area contributed by atoms with Gasteiger partial charge < -0.3 is 14.7 Å². The smallest absolute Gasteiger partial charge is 0.306 e. The van der Waals surface area contributed by atoms with Crippen molar-refractivity contribution in [3.63, 3.8) is 0 Å². The highest BCUT2D eigenvalue weighted by atomic mass is 33.1. The van der Waals surface area contributed by atoms with Crippen LogP contribution in [0.2, 0.25) is 0 Å². The Morgan fingerprint density at radius 2 is 1.48 bits per heavy atom. The number of aliphatic hydroxyl groups excluding tert-OH is 1. The predicted molar refractivity (Wildman–Crippen MR) is 232 cm³/mol. The molecule has 4 aliphatic carbocycles. The zero-order chi connectivity index (χ0) is 44.3. The van der Waals surface area contributed by atoms with Crippen LogP contribution in [0.25, 0.3) is 0 Å². The number of hydrogen-bond acceptors (Lipinski definition) is 12. The Morgan fingerprint density at radius 3 is 2.00 bits per heavy atom. The van der Waals surface area contributed by atoms with Crippen LogP contribution < -0.4 is 0 Å². The SMILES string of the molecule is CCCCC(=O)OCC(=O)[C@H]1[C@H](C)C[C@H]2[C@@H]3C[C@H](F)C4=CC(=O)C=C[C@]4(C)[C@@]3(F)[C@@H](O)C[C@@]21C.CN(C)C(CSS(=O)(=O)c1ccccc1)CSS(=O)(=O)c1ccccc1. The van der Waals surface area contributed by atoms with Crippen molar-refractivity contribution in [1.29, 1.82) is 0 Å². The van der Waals surface area contributed by atoms with Crippen LogP contribution in [-0.2, 0) is 36.9 Å². The number of aliphatic hydroxyl groups is 1. The Bertz CT molecular complexity index is 2080. The van der Waals surface area contributed by atoms with Crippen molar-refractivity contribution in [3.8, 4) is 0 Å². The number of alkyl halides is 2. The molecule has 3 saturated carbocycles. The number of fused-ring (bicyclic) bond motifs is 5. The summed E-state index contributed by atoms with van der Waals surface area (Å²) >= 11 is 0.